The summed E-state index contributed by atoms with van der Waals surface area (Å²) in [5, 5.41) is 12.0. The van der Waals surface area contributed by atoms with E-state index in [1.54, 1.807) is 9.80 Å². The maximum Gasteiger partial charge on any atom is 0.240 e. The number of amides is 2. The van der Waals surface area contributed by atoms with Crippen molar-refractivity contribution in [2.45, 2.75) is 26.3 Å². The highest BCUT2D eigenvalue weighted by Crippen LogP contribution is 2.07. The van der Waals surface area contributed by atoms with Crippen LogP contribution in [-0.4, -0.2) is 72.1 Å². The van der Waals surface area contributed by atoms with Crippen LogP contribution in [0.5, 0.6) is 0 Å². The SMILES string of the molecule is CCN(CCO)C(=O)CC1NCCN(CC)C1=O. The van der Waals surface area contributed by atoms with E-state index in [0.717, 1.165) is 6.54 Å². The second kappa shape index (κ2) is 7.33. The molecule has 104 valence electrons. The lowest BCUT2D eigenvalue weighted by atomic mass is 10.1. The summed E-state index contributed by atoms with van der Waals surface area (Å²) in [7, 11) is 0. The van der Waals surface area contributed by atoms with Gasteiger partial charge in [-0.15, -0.1) is 0 Å². The number of hydrogen-bond donors (Lipinski definition) is 2. The highest BCUT2D eigenvalue weighted by molar-refractivity contribution is 5.88. The molecule has 0 saturated carbocycles. The molecule has 1 aliphatic heterocycles. The van der Waals surface area contributed by atoms with Crippen molar-refractivity contribution in [1.29, 1.82) is 0 Å². The van der Waals surface area contributed by atoms with Crippen LogP contribution in [0.3, 0.4) is 0 Å². The molecule has 2 amide bonds. The number of nitrogens with zero attached hydrogens (tertiary/aromatic N) is 2. The third kappa shape index (κ3) is 3.68. The molecule has 1 heterocycles. The minimum atomic E-state index is -0.418. The summed E-state index contributed by atoms with van der Waals surface area (Å²) in [5.74, 6) is -0.0903. The molecule has 2 N–H and O–H groups in total. The van der Waals surface area contributed by atoms with Gasteiger partial charge in [-0.3, -0.25) is 9.59 Å². The fourth-order valence-electron chi connectivity index (χ4n) is 2.15. The number of aliphatic hydroxyl groups excluding tert-OH is 1. The first-order chi connectivity index (χ1) is 8.63. The Morgan fingerprint density at radius 3 is 2.83 bits per heavy atom. The summed E-state index contributed by atoms with van der Waals surface area (Å²) in [6.07, 6.45) is 0.170. The number of aliphatic hydroxyl groups is 1. The van der Waals surface area contributed by atoms with Crippen LogP contribution in [0.15, 0.2) is 0 Å². The zero-order valence-corrected chi connectivity index (χ0v) is 11.2. The highest BCUT2D eigenvalue weighted by Gasteiger charge is 2.30. The number of nitrogens with one attached hydrogen (secondary N) is 1. The number of carbonyl (C=O) groups excluding carboxylic acids is 2. The van der Waals surface area contributed by atoms with Crippen molar-refractivity contribution in [3.05, 3.63) is 0 Å². The molecule has 6 heteroatoms. The van der Waals surface area contributed by atoms with Crippen LogP contribution >= 0.6 is 0 Å². The van der Waals surface area contributed by atoms with Gasteiger partial charge in [-0.25, -0.2) is 0 Å². The van der Waals surface area contributed by atoms with Gasteiger partial charge in [0, 0.05) is 32.7 Å². The van der Waals surface area contributed by atoms with Gasteiger partial charge in [-0.2, -0.15) is 0 Å². The fourth-order valence-corrected chi connectivity index (χ4v) is 2.15. The van der Waals surface area contributed by atoms with Crippen LogP contribution < -0.4 is 5.32 Å². The van der Waals surface area contributed by atoms with Gasteiger partial charge in [0.1, 0.15) is 0 Å². The molecule has 0 bridgehead atoms. The summed E-state index contributed by atoms with van der Waals surface area (Å²) < 4.78 is 0. The van der Waals surface area contributed by atoms with E-state index in [4.69, 9.17) is 5.11 Å². The molecule has 1 aliphatic rings. The molecule has 1 fully saturated rings. The van der Waals surface area contributed by atoms with Crippen molar-refractivity contribution < 1.29 is 14.7 Å². The molecule has 0 aliphatic carbocycles. The normalized spacial score (nSPS) is 20.1. The Kier molecular flexibility index (Phi) is 6.07. The molecule has 0 aromatic carbocycles. The van der Waals surface area contributed by atoms with Crippen LogP contribution in [0, 0.1) is 0 Å². The molecule has 6 nitrogen and oxygen atoms in total. The van der Waals surface area contributed by atoms with Crippen LogP contribution in [-0.2, 0) is 9.59 Å². The molecule has 1 atom stereocenters. The molecule has 1 rings (SSSR count). The zero-order valence-electron chi connectivity index (χ0n) is 11.2. The van der Waals surface area contributed by atoms with Crippen molar-refractivity contribution in [3.63, 3.8) is 0 Å². The minimum absolute atomic E-state index is 0.00264. The smallest absolute Gasteiger partial charge is 0.240 e. The topological polar surface area (TPSA) is 72.9 Å². The third-order valence-electron chi connectivity index (χ3n) is 3.25. The summed E-state index contributed by atoms with van der Waals surface area (Å²) >= 11 is 0. The van der Waals surface area contributed by atoms with E-state index >= 15 is 0 Å². The van der Waals surface area contributed by atoms with Gasteiger partial charge in [0.25, 0.3) is 0 Å². The molecule has 0 spiro atoms. The van der Waals surface area contributed by atoms with E-state index in [2.05, 4.69) is 5.32 Å². The first-order valence-electron chi connectivity index (χ1n) is 6.54. The van der Waals surface area contributed by atoms with Crippen molar-refractivity contribution in [1.82, 2.24) is 15.1 Å². The number of hydrogen-bond acceptors (Lipinski definition) is 4. The summed E-state index contributed by atoms with van der Waals surface area (Å²) in [6, 6.07) is -0.418. The van der Waals surface area contributed by atoms with E-state index in [1.807, 2.05) is 13.8 Å². The molecule has 0 aromatic rings. The van der Waals surface area contributed by atoms with Crippen molar-refractivity contribution in [2.24, 2.45) is 0 Å². The minimum Gasteiger partial charge on any atom is -0.395 e. The Morgan fingerprint density at radius 1 is 1.56 bits per heavy atom. The Hall–Kier alpha value is -1.14. The van der Waals surface area contributed by atoms with Gasteiger partial charge in [-0.1, -0.05) is 0 Å². The first-order valence-corrected chi connectivity index (χ1v) is 6.54. The Labute approximate surface area is 108 Å². The predicted octanol–water partition coefficient (Wildman–Crippen LogP) is -0.962. The van der Waals surface area contributed by atoms with Crippen LogP contribution in [0.2, 0.25) is 0 Å². The maximum atomic E-state index is 12.0. The second-order valence-corrected chi connectivity index (χ2v) is 4.33. The van der Waals surface area contributed by atoms with Crippen LogP contribution in [0.4, 0.5) is 0 Å². The van der Waals surface area contributed by atoms with Gasteiger partial charge in [0.05, 0.1) is 19.1 Å². The highest BCUT2D eigenvalue weighted by atomic mass is 16.3. The van der Waals surface area contributed by atoms with E-state index in [0.29, 0.717) is 26.2 Å². The summed E-state index contributed by atoms with van der Waals surface area (Å²) in [4.78, 5) is 27.3. The molecule has 1 saturated heterocycles. The lowest BCUT2D eigenvalue weighted by Crippen LogP contribution is -2.56. The van der Waals surface area contributed by atoms with Gasteiger partial charge >= 0.3 is 0 Å². The fraction of sp³-hybridized carbons (Fsp3) is 0.833. The molecule has 18 heavy (non-hydrogen) atoms. The Morgan fingerprint density at radius 2 is 2.28 bits per heavy atom. The monoisotopic (exact) mass is 257 g/mol. The molecule has 0 radical (unpaired) electrons. The van der Waals surface area contributed by atoms with Gasteiger partial charge in [0.15, 0.2) is 0 Å². The molecule has 1 unspecified atom stereocenters. The molecule has 0 aromatic heterocycles. The van der Waals surface area contributed by atoms with E-state index in [-0.39, 0.29) is 24.8 Å². The largest absolute Gasteiger partial charge is 0.395 e. The van der Waals surface area contributed by atoms with Crippen LogP contribution in [0.25, 0.3) is 0 Å². The quantitative estimate of drug-likeness (QED) is 0.643. The summed E-state index contributed by atoms with van der Waals surface area (Å²) in [6.45, 7) is 6.74. The van der Waals surface area contributed by atoms with Crippen molar-refractivity contribution in [3.8, 4) is 0 Å². The van der Waals surface area contributed by atoms with Gasteiger partial charge < -0.3 is 20.2 Å². The average molecular weight is 257 g/mol. The van der Waals surface area contributed by atoms with Crippen molar-refractivity contribution >= 4 is 11.8 Å². The number of piperazine rings is 1. The average Bonchev–Trinajstić information content (AvgIpc) is 2.38. The van der Waals surface area contributed by atoms with Crippen LogP contribution in [0.1, 0.15) is 20.3 Å². The Balaban J connectivity index is 2.54. The molecular weight excluding hydrogens is 234 g/mol. The van der Waals surface area contributed by atoms with Gasteiger partial charge in [0.2, 0.25) is 11.8 Å². The number of carbonyl (C=O) groups is 2. The van der Waals surface area contributed by atoms with Gasteiger partial charge in [-0.05, 0) is 13.8 Å². The molecular formula is C12H23N3O3. The summed E-state index contributed by atoms with van der Waals surface area (Å²) in [5.41, 5.74) is 0. The Bertz CT molecular complexity index is 296. The lowest BCUT2D eigenvalue weighted by Gasteiger charge is -2.33. The predicted molar refractivity (Wildman–Crippen MR) is 68.0 cm³/mol. The first kappa shape index (κ1) is 14.9. The second-order valence-electron chi connectivity index (χ2n) is 4.33. The lowest BCUT2D eigenvalue weighted by molar-refractivity contribution is -0.140. The van der Waals surface area contributed by atoms with E-state index < -0.39 is 6.04 Å². The van der Waals surface area contributed by atoms with Crippen molar-refractivity contribution in [2.75, 3.05) is 39.3 Å². The zero-order chi connectivity index (χ0) is 13.5. The number of likely N-dealkylation sites (N-methyl/N-ethyl adjacent to an activating group) is 2. The van der Waals surface area contributed by atoms with E-state index in [9.17, 15) is 9.59 Å². The maximum absolute atomic E-state index is 12.0. The van der Waals surface area contributed by atoms with E-state index in [1.165, 1.54) is 0 Å². The standard InChI is InChI=1S/C12H23N3O3/c1-3-14(7-8-16)11(17)9-10-12(18)15(4-2)6-5-13-10/h10,13,16H,3-9H2,1-2H3. The number of rotatable bonds is 6. The third-order valence-corrected chi connectivity index (χ3v) is 3.25.